The lowest BCUT2D eigenvalue weighted by molar-refractivity contribution is -0.122. The average Bonchev–Trinajstić information content (AvgIpc) is 2.98. The van der Waals surface area contributed by atoms with Crippen molar-refractivity contribution in [3.05, 3.63) is 59.9 Å². The standard InChI is InChI=1S/C21H21N3O3/c25-19(23-13-14-4-3-11-22-12-14)15-7-9-16(10-8-15)24-20(26)17-5-1-2-6-18(17)21(24)27/h3-4,7-12,17-18H,1-2,5-6,13H2,(H,23,25). The van der Waals surface area contributed by atoms with Gasteiger partial charge in [-0.05, 0) is 48.7 Å². The Morgan fingerprint density at radius 2 is 1.70 bits per heavy atom. The second-order valence-electron chi connectivity index (χ2n) is 7.10. The predicted molar refractivity (Wildman–Crippen MR) is 99.8 cm³/mol. The first-order chi connectivity index (χ1) is 13.1. The minimum Gasteiger partial charge on any atom is -0.348 e. The van der Waals surface area contributed by atoms with Gasteiger partial charge in [0, 0.05) is 24.5 Å². The highest BCUT2D eigenvalue weighted by molar-refractivity contribution is 6.22. The van der Waals surface area contributed by atoms with Gasteiger partial charge >= 0.3 is 0 Å². The molecule has 1 saturated heterocycles. The lowest BCUT2D eigenvalue weighted by Gasteiger charge is -2.19. The van der Waals surface area contributed by atoms with E-state index in [0.717, 1.165) is 31.2 Å². The first kappa shape index (κ1) is 17.4. The number of hydrogen-bond acceptors (Lipinski definition) is 4. The molecule has 1 saturated carbocycles. The molecule has 2 aromatic rings. The van der Waals surface area contributed by atoms with Crippen molar-refractivity contribution in [3.63, 3.8) is 0 Å². The number of nitrogens with one attached hydrogen (secondary N) is 1. The van der Waals surface area contributed by atoms with Crippen LogP contribution in [0.3, 0.4) is 0 Å². The Kier molecular flexibility index (Phi) is 4.71. The fourth-order valence-corrected chi connectivity index (χ4v) is 3.97. The number of imide groups is 1. The molecule has 138 valence electrons. The maximum Gasteiger partial charge on any atom is 0.251 e. The third-order valence-electron chi connectivity index (χ3n) is 5.40. The second-order valence-corrected chi connectivity index (χ2v) is 7.10. The summed E-state index contributed by atoms with van der Waals surface area (Å²) in [5, 5.41) is 2.84. The minimum atomic E-state index is -0.210. The lowest BCUT2D eigenvalue weighted by Crippen LogP contribution is -2.31. The number of nitrogens with zero attached hydrogens (tertiary/aromatic N) is 2. The Morgan fingerprint density at radius 3 is 2.30 bits per heavy atom. The predicted octanol–water partition coefficient (Wildman–Crippen LogP) is 2.69. The van der Waals surface area contributed by atoms with E-state index >= 15 is 0 Å². The SMILES string of the molecule is O=C(NCc1cccnc1)c1ccc(N2C(=O)C3CCCCC3C2=O)cc1. The Balaban J connectivity index is 1.45. The van der Waals surface area contributed by atoms with Crippen molar-refractivity contribution in [3.8, 4) is 0 Å². The van der Waals surface area contributed by atoms with Gasteiger partial charge in [0.2, 0.25) is 11.8 Å². The van der Waals surface area contributed by atoms with Crippen LogP contribution in [-0.2, 0) is 16.1 Å². The van der Waals surface area contributed by atoms with Crippen LogP contribution < -0.4 is 10.2 Å². The highest BCUT2D eigenvalue weighted by Gasteiger charge is 2.48. The molecular weight excluding hydrogens is 342 g/mol. The molecule has 2 atom stereocenters. The van der Waals surface area contributed by atoms with Gasteiger partial charge in [-0.2, -0.15) is 0 Å². The summed E-state index contributed by atoms with van der Waals surface area (Å²) in [4.78, 5) is 42.9. The molecule has 1 aliphatic carbocycles. The summed E-state index contributed by atoms with van der Waals surface area (Å²) in [6.45, 7) is 0.390. The third kappa shape index (κ3) is 3.35. The van der Waals surface area contributed by atoms with Crippen LogP contribution in [0.2, 0.25) is 0 Å². The molecule has 2 heterocycles. The maximum absolute atomic E-state index is 12.6. The van der Waals surface area contributed by atoms with Crippen LogP contribution in [0, 0.1) is 11.8 Å². The van der Waals surface area contributed by atoms with Crippen LogP contribution >= 0.6 is 0 Å². The van der Waals surface area contributed by atoms with Gasteiger partial charge in [-0.1, -0.05) is 18.9 Å². The Bertz CT molecular complexity index is 840. The van der Waals surface area contributed by atoms with Gasteiger partial charge in [0.05, 0.1) is 17.5 Å². The highest BCUT2D eigenvalue weighted by atomic mass is 16.2. The van der Waals surface area contributed by atoms with E-state index in [2.05, 4.69) is 10.3 Å². The molecule has 2 unspecified atom stereocenters. The molecule has 4 rings (SSSR count). The zero-order valence-electron chi connectivity index (χ0n) is 14.9. The summed E-state index contributed by atoms with van der Waals surface area (Å²) in [7, 11) is 0. The first-order valence-electron chi connectivity index (χ1n) is 9.30. The van der Waals surface area contributed by atoms with Gasteiger partial charge in [0.25, 0.3) is 5.91 Å². The van der Waals surface area contributed by atoms with E-state index in [-0.39, 0.29) is 29.6 Å². The fraction of sp³-hybridized carbons (Fsp3) is 0.333. The number of carbonyl (C=O) groups is 3. The number of benzene rings is 1. The van der Waals surface area contributed by atoms with Crippen molar-refractivity contribution in [2.45, 2.75) is 32.2 Å². The Morgan fingerprint density at radius 1 is 1.04 bits per heavy atom. The van der Waals surface area contributed by atoms with Crippen molar-refractivity contribution in [1.82, 2.24) is 10.3 Å². The van der Waals surface area contributed by atoms with Crippen LogP contribution in [0.15, 0.2) is 48.8 Å². The molecule has 1 aromatic heterocycles. The van der Waals surface area contributed by atoms with Crippen LogP contribution in [0.4, 0.5) is 5.69 Å². The van der Waals surface area contributed by atoms with Gasteiger partial charge in [-0.15, -0.1) is 0 Å². The van der Waals surface area contributed by atoms with Gasteiger partial charge in [0.1, 0.15) is 0 Å². The normalized spacial score (nSPS) is 21.9. The molecule has 0 bridgehead atoms. The number of rotatable bonds is 4. The van der Waals surface area contributed by atoms with Crippen molar-refractivity contribution >= 4 is 23.4 Å². The number of pyridine rings is 1. The van der Waals surface area contributed by atoms with E-state index < -0.39 is 0 Å². The van der Waals surface area contributed by atoms with Crippen LogP contribution in [-0.4, -0.2) is 22.7 Å². The summed E-state index contributed by atoms with van der Waals surface area (Å²) in [6, 6.07) is 10.4. The van der Waals surface area contributed by atoms with Gasteiger partial charge in [0.15, 0.2) is 0 Å². The Hall–Kier alpha value is -3.02. The van der Waals surface area contributed by atoms with E-state index in [1.807, 2.05) is 12.1 Å². The molecule has 0 spiro atoms. The largest absolute Gasteiger partial charge is 0.348 e. The highest BCUT2D eigenvalue weighted by Crippen LogP contribution is 2.40. The molecule has 2 fully saturated rings. The van der Waals surface area contributed by atoms with Crippen LogP contribution in [0.1, 0.15) is 41.6 Å². The van der Waals surface area contributed by atoms with E-state index in [1.165, 1.54) is 4.90 Å². The average molecular weight is 363 g/mol. The maximum atomic E-state index is 12.6. The molecule has 1 N–H and O–H groups in total. The molecule has 1 aliphatic heterocycles. The molecule has 3 amide bonds. The minimum absolute atomic E-state index is 0.0986. The molecule has 2 aliphatic rings. The van der Waals surface area contributed by atoms with Crippen LogP contribution in [0.5, 0.6) is 0 Å². The number of amides is 3. The summed E-state index contributed by atoms with van der Waals surface area (Å²) >= 11 is 0. The van der Waals surface area contributed by atoms with Gasteiger partial charge < -0.3 is 5.32 Å². The Labute approximate surface area is 157 Å². The second kappa shape index (κ2) is 7.31. The van der Waals surface area contributed by atoms with E-state index in [9.17, 15) is 14.4 Å². The first-order valence-corrected chi connectivity index (χ1v) is 9.30. The van der Waals surface area contributed by atoms with Crippen LogP contribution in [0.25, 0.3) is 0 Å². The quantitative estimate of drug-likeness (QED) is 0.847. The molecule has 27 heavy (non-hydrogen) atoms. The topological polar surface area (TPSA) is 79.4 Å². The van der Waals surface area contributed by atoms with Crippen molar-refractivity contribution in [2.24, 2.45) is 11.8 Å². The monoisotopic (exact) mass is 363 g/mol. The molecule has 6 heteroatoms. The van der Waals surface area contributed by atoms with Crippen molar-refractivity contribution in [2.75, 3.05) is 4.90 Å². The zero-order valence-corrected chi connectivity index (χ0v) is 14.9. The summed E-state index contributed by atoms with van der Waals surface area (Å²) in [5.41, 5.74) is 1.95. The molecule has 6 nitrogen and oxygen atoms in total. The molecule has 0 radical (unpaired) electrons. The van der Waals surface area contributed by atoms with E-state index in [4.69, 9.17) is 0 Å². The number of hydrogen-bond donors (Lipinski definition) is 1. The molecular formula is C21H21N3O3. The smallest absolute Gasteiger partial charge is 0.251 e. The fourth-order valence-electron chi connectivity index (χ4n) is 3.97. The zero-order chi connectivity index (χ0) is 18.8. The number of carbonyl (C=O) groups excluding carboxylic acids is 3. The van der Waals surface area contributed by atoms with Gasteiger partial charge in [-0.3, -0.25) is 24.3 Å². The summed E-state index contributed by atoms with van der Waals surface area (Å²) in [6.07, 6.45) is 6.98. The van der Waals surface area contributed by atoms with E-state index in [0.29, 0.717) is 17.8 Å². The van der Waals surface area contributed by atoms with Gasteiger partial charge in [-0.25, -0.2) is 0 Å². The molecule has 1 aromatic carbocycles. The van der Waals surface area contributed by atoms with Crippen molar-refractivity contribution in [1.29, 1.82) is 0 Å². The summed E-state index contributed by atoms with van der Waals surface area (Å²) in [5.74, 6) is -0.752. The number of fused-ring (bicyclic) bond motifs is 1. The van der Waals surface area contributed by atoms with Crippen molar-refractivity contribution < 1.29 is 14.4 Å². The summed E-state index contributed by atoms with van der Waals surface area (Å²) < 4.78 is 0. The van der Waals surface area contributed by atoms with E-state index in [1.54, 1.807) is 36.7 Å². The third-order valence-corrected chi connectivity index (χ3v) is 5.40. The number of aromatic nitrogens is 1. The number of anilines is 1. The lowest BCUT2D eigenvalue weighted by atomic mass is 9.81.